The van der Waals surface area contributed by atoms with Crippen LogP contribution < -0.4 is 0 Å². The van der Waals surface area contributed by atoms with E-state index >= 15 is 0 Å². The van der Waals surface area contributed by atoms with Gasteiger partial charge in [-0.3, -0.25) is 0 Å². The second kappa shape index (κ2) is 5.89. The molecular weight excluding hydrogens is 366 g/mol. The Morgan fingerprint density at radius 2 is 1.88 bits per heavy atom. The lowest BCUT2D eigenvalue weighted by Gasteiger charge is -2.12. The molecule has 0 aliphatic heterocycles. The van der Waals surface area contributed by atoms with Gasteiger partial charge in [-0.2, -0.15) is 23.5 Å². The average Bonchev–Trinajstić information content (AvgIpc) is 3.14. The van der Waals surface area contributed by atoms with Crippen LogP contribution in [0.25, 0.3) is 16.8 Å². The molecule has 0 radical (unpaired) electrons. The van der Waals surface area contributed by atoms with Crippen molar-refractivity contribution in [3.63, 3.8) is 0 Å². The summed E-state index contributed by atoms with van der Waals surface area (Å²) in [6.45, 7) is 0. The average molecular weight is 372 g/mol. The molecule has 0 saturated carbocycles. The Bertz CT molecular complexity index is 917. The molecule has 0 atom stereocenters. The van der Waals surface area contributed by atoms with E-state index < -0.39 is 11.7 Å². The highest BCUT2D eigenvalue weighted by Crippen LogP contribution is 2.38. The Hall–Kier alpha value is -2.43. The molecule has 9 heteroatoms. The van der Waals surface area contributed by atoms with Crippen molar-refractivity contribution < 1.29 is 17.6 Å². The lowest BCUT2D eigenvalue weighted by atomic mass is 10.1. The maximum atomic E-state index is 12.8. The van der Waals surface area contributed by atoms with Crippen LogP contribution in [-0.2, 0) is 6.18 Å². The fourth-order valence-electron chi connectivity index (χ4n) is 2.15. The fraction of sp³-hybridized carbons (Fsp3) is 0.0667. The molecule has 3 rings (SSSR count). The Morgan fingerprint density at radius 3 is 2.38 bits per heavy atom. The summed E-state index contributed by atoms with van der Waals surface area (Å²) in [7, 11) is 0. The highest BCUT2D eigenvalue weighted by atomic mass is 35.5. The molecule has 0 aliphatic rings. The van der Waals surface area contributed by atoms with Crippen LogP contribution in [0.1, 0.15) is 11.3 Å². The number of halogens is 5. The van der Waals surface area contributed by atoms with Gasteiger partial charge < -0.3 is 4.42 Å². The van der Waals surface area contributed by atoms with Gasteiger partial charge in [-0.1, -0.05) is 23.2 Å². The third-order valence-electron chi connectivity index (χ3n) is 3.23. The molecular formula is C15H6Cl2F3N3O. The Balaban J connectivity index is 2.16. The maximum Gasteiger partial charge on any atom is 0.416 e. The number of nitrogens with zero attached hydrogens (tertiary/aromatic N) is 3. The number of hydrogen-bond acceptors (Lipinski definition) is 3. The Labute approximate surface area is 143 Å². The minimum absolute atomic E-state index is 0.0533. The summed E-state index contributed by atoms with van der Waals surface area (Å²) in [4.78, 5) is 0. The van der Waals surface area contributed by atoms with Gasteiger partial charge in [0, 0.05) is 17.3 Å². The third-order valence-corrected chi connectivity index (χ3v) is 3.80. The summed E-state index contributed by atoms with van der Waals surface area (Å²) < 4.78 is 44.5. The molecule has 0 fully saturated rings. The first-order valence-electron chi connectivity index (χ1n) is 6.40. The minimum atomic E-state index is -4.57. The number of rotatable bonds is 2. The monoisotopic (exact) mass is 371 g/mol. The molecule has 122 valence electrons. The quantitative estimate of drug-likeness (QED) is 0.611. The highest BCUT2D eigenvalue weighted by molar-refractivity contribution is 6.37. The third kappa shape index (κ3) is 2.86. The molecule has 0 N–H and O–H groups in total. The van der Waals surface area contributed by atoms with E-state index in [-0.39, 0.29) is 21.4 Å². The molecule has 0 bridgehead atoms. The van der Waals surface area contributed by atoms with Crippen molar-refractivity contribution in [1.29, 1.82) is 5.26 Å². The van der Waals surface area contributed by atoms with Gasteiger partial charge in [0.1, 0.15) is 11.8 Å². The summed E-state index contributed by atoms with van der Waals surface area (Å²) >= 11 is 11.9. The van der Waals surface area contributed by atoms with E-state index in [1.807, 2.05) is 6.07 Å². The molecule has 0 saturated heterocycles. The van der Waals surface area contributed by atoms with Crippen LogP contribution in [-0.4, -0.2) is 9.78 Å². The molecule has 0 amide bonds. The second-order valence-electron chi connectivity index (χ2n) is 4.75. The predicted octanol–water partition coefficient (Wildman–Crippen LogP) is 5.33. The minimum Gasteiger partial charge on any atom is -0.472 e. The molecule has 0 unspecified atom stereocenters. The fourth-order valence-corrected chi connectivity index (χ4v) is 2.81. The summed E-state index contributed by atoms with van der Waals surface area (Å²) in [6, 6.07) is 5.05. The zero-order chi connectivity index (χ0) is 17.5. The number of alkyl halides is 3. The first-order valence-corrected chi connectivity index (χ1v) is 7.16. The number of benzene rings is 1. The largest absolute Gasteiger partial charge is 0.472 e. The van der Waals surface area contributed by atoms with Gasteiger partial charge in [0.15, 0.2) is 5.69 Å². The number of aromatic nitrogens is 2. The van der Waals surface area contributed by atoms with Crippen molar-refractivity contribution >= 4 is 23.2 Å². The molecule has 1 aromatic carbocycles. The van der Waals surface area contributed by atoms with E-state index in [4.69, 9.17) is 27.6 Å². The van der Waals surface area contributed by atoms with Crippen LogP contribution in [0.5, 0.6) is 0 Å². The standard InChI is InChI=1S/C15H6Cl2F3N3O/c16-11-3-9(15(18,19)20)4-12(17)14(11)23-6-10(13(5-21)22-23)8-1-2-24-7-8/h1-4,6-7H. The molecule has 3 aromatic rings. The first kappa shape index (κ1) is 16.4. The van der Waals surface area contributed by atoms with Crippen molar-refractivity contribution in [2.75, 3.05) is 0 Å². The Morgan fingerprint density at radius 1 is 1.21 bits per heavy atom. The van der Waals surface area contributed by atoms with Crippen LogP contribution >= 0.6 is 23.2 Å². The Kier molecular flexibility index (Phi) is 4.03. The smallest absolute Gasteiger partial charge is 0.416 e. The van der Waals surface area contributed by atoms with Crippen molar-refractivity contribution in [2.45, 2.75) is 6.18 Å². The highest BCUT2D eigenvalue weighted by Gasteiger charge is 2.32. The summed E-state index contributed by atoms with van der Waals surface area (Å²) in [6.07, 6.45) is -0.288. The molecule has 2 aromatic heterocycles. The summed E-state index contributed by atoms with van der Waals surface area (Å²) in [5.74, 6) is 0. The van der Waals surface area contributed by atoms with E-state index in [1.165, 1.54) is 23.4 Å². The van der Waals surface area contributed by atoms with Crippen LogP contribution in [0, 0.1) is 11.3 Å². The van der Waals surface area contributed by atoms with Crippen LogP contribution in [0.2, 0.25) is 10.0 Å². The van der Waals surface area contributed by atoms with Crippen LogP contribution in [0.4, 0.5) is 13.2 Å². The van der Waals surface area contributed by atoms with E-state index in [0.29, 0.717) is 11.1 Å². The van der Waals surface area contributed by atoms with E-state index in [2.05, 4.69) is 5.10 Å². The van der Waals surface area contributed by atoms with E-state index in [0.717, 1.165) is 12.1 Å². The van der Waals surface area contributed by atoms with Crippen molar-refractivity contribution in [3.8, 4) is 22.9 Å². The van der Waals surface area contributed by atoms with Crippen LogP contribution in [0.15, 0.2) is 41.3 Å². The van der Waals surface area contributed by atoms with Crippen LogP contribution in [0.3, 0.4) is 0 Å². The van der Waals surface area contributed by atoms with Crippen molar-refractivity contribution in [1.82, 2.24) is 9.78 Å². The van der Waals surface area contributed by atoms with E-state index in [9.17, 15) is 18.4 Å². The molecule has 24 heavy (non-hydrogen) atoms. The molecule has 0 aliphatic carbocycles. The summed E-state index contributed by atoms with van der Waals surface area (Å²) in [5.41, 5.74) is 0.181. The number of hydrogen-bond donors (Lipinski definition) is 0. The van der Waals surface area contributed by atoms with Crippen molar-refractivity contribution in [3.05, 3.63) is 58.2 Å². The van der Waals surface area contributed by atoms with Gasteiger partial charge in [-0.15, -0.1) is 0 Å². The number of nitriles is 1. The lowest BCUT2D eigenvalue weighted by molar-refractivity contribution is -0.137. The van der Waals surface area contributed by atoms with Gasteiger partial charge in [0.25, 0.3) is 0 Å². The molecule has 2 heterocycles. The topological polar surface area (TPSA) is 54.8 Å². The lowest BCUT2D eigenvalue weighted by Crippen LogP contribution is -2.07. The normalized spacial score (nSPS) is 11.5. The van der Waals surface area contributed by atoms with E-state index in [1.54, 1.807) is 6.07 Å². The van der Waals surface area contributed by atoms with Gasteiger partial charge in [0.2, 0.25) is 0 Å². The van der Waals surface area contributed by atoms with Gasteiger partial charge in [-0.25, -0.2) is 4.68 Å². The van der Waals surface area contributed by atoms with Crippen molar-refractivity contribution in [2.24, 2.45) is 0 Å². The second-order valence-corrected chi connectivity index (χ2v) is 5.56. The summed E-state index contributed by atoms with van der Waals surface area (Å²) in [5, 5.41) is 12.8. The predicted molar refractivity (Wildman–Crippen MR) is 81.0 cm³/mol. The van der Waals surface area contributed by atoms with Gasteiger partial charge in [-0.05, 0) is 18.2 Å². The molecule has 0 spiro atoms. The first-order chi connectivity index (χ1) is 11.3. The molecule has 4 nitrogen and oxygen atoms in total. The zero-order valence-corrected chi connectivity index (χ0v) is 13.1. The number of furan rings is 1. The maximum absolute atomic E-state index is 12.8. The SMILES string of the molecule is N#Cc1nn(-c2c(Cl)cc(C(F)(F)F)cc2Cl)cc1-c1ccoc1. The van der Waals surface area contributed by atoms with Gasteiger partial charge in [0.05, 0.1) is 28.1 Å². The van der Waals surface area contributed by atoms with Gasteiger partial charge >= 0.3 is 6.18 Å². The zero-order valence-electron chi connectivity index (χ0n) is 11.6.